The van der Waals surface area contributed by atoms with E-state index in [4.69, 9.17) is 25.8 Å². The molecule has 1 atom stereocenters. The lowest BCUT2D eigenvalue weighted by Gasteiger charge is -2.26. The number of carbonyl (C=O) groups is 2. The normalized spacial score (nSPS) is 13.7. The highest BCUT2D eigenvalue weighted by atomic mass is 35.5. The largest absolute Gasteiger partial charge is 0.462 e. The fourth-order valence-electron chi connectivity index (χ4n) is 3.45. The molecule has 2 rings (SSSR count). The predicted octanol–water partition coefficient (Wildman–Crippen LogP) is 6.47. The van der Waals surface area contributed by atoms with Crippen LogP contribution in [0.2, 0.25) is 0 Å². The first kappa shape index (κ1) is 28.1. The molecule has 0 unspecified atom stereocenters. The maximum Gasteiger partial charge on any atom is 0.258 e. The topological polar surface area (TPSA) is 73.9 Å². The number of hydrogen-bond acceptors (Lipinski definition) is 5. The van der Waals surface area contributed by atoms with Crippen LogP contribution in [0.5, 0.6) is 17.2 Å². The molecule has 188 valence electrons. The maximum atomic E-state index is 12.3. The molecule has 0 aliphatic rings. The third-order valence-electron chi connectivity index (χ3n) is 5.44. The zero-order chi connectivity index (χ0) is 25.8. The Labute approximate surface area is 212 Å². The van der Waals surface area contributed by atoms with Gasteiger partial charge in [-0.1, -0.05) is 44.0 Å². The second-order valence-corrected chi connectivity index (χ2v) is 8.91. The summed E-state index contributed by atoms with van der Waals surface area (Å²) in [6.07, 6.45) is 6.83. The van der Waals surface area contributed by atoms with Gasteiger partial charge >= 0.3 is 0 Å². The molecule has 2 aromatic carbocycles. The number of nitrogens with one attached hydrogen (secondary N) is 1. The van der Waals surface area contributed by atoms with Gasteiger partial charge in [-0.05, 0) is 73.9 Å². The SMILES string of the molecule is CCCc1cc(O/C(=C/C=C(\C)Cl)CC)ccc1Oc1cccc(C[C@](C)(OC)C(=O)NC=O)c1. The number of aryl methyl sites for hydroxylation is 1. The van der Waals surface area contributed by atoms with E-state index in [1.165, 1.54) is 7.11 Å². The number of carbonyl (C=O) groups excluding carboxylic acids is 2. The van der Waals surface area contributed by atoms with Gasteiger partial charge in [-0.3, -0.25) is 14.9 Å². The van der Waals surface area contributed by atoms with Crippen molar-refractivity contribution in [1.82, 2.24) is 5.32 Å². The number of ether oxygens (including phenoxy) is 3. The number of methoxy groups -OCH3 is 1. The van der Waals surface area contributed by atoms with E-state index in [9.17, 15) is 9.59 Å². The number of benzene rings is 2. The van der Waals surface area contributed by atoms with Gasteiger partial charge in [0.2, 0.25) is 6.41 Å². The highest BCUT2D eigenvalue weighted by Crippen LogP contribution is 2.32. The highest BCUT2D eigenvalue weighted by Gasteiger charge is 2.33. The summed E-state index contributed by atoms with van der Waals surface area (Å²) in [6.45, 7) is 7.60. The van der Waals surface area contributed by atoms with Crippen LogP contribution in [0.25, 0.3) is 0 Å². The number of amides is 2. The fraction of sp³-hybridized carbons (Fsp3) is 0.357. The van der Waals surface area contributed by atoms with Gasteiger partial charge in [0.05, 0.1) is 0 Å². The molecule has 0 aromatic heterocycles. The van der Waals surface area contributed by atoms with E-state index < -0.39 is 11.5 Å². The second kappa shape index (κ2) is 13.7. The van der Waals surface area contributed by atoms with E-state index in [2.05, 4.69) is 12.2 Å². The van der Waals surface area contributed by atoms with Crippen LogP contribution in [0.4, 0.5) is 0 Å². The Morgan fingerprint density at radius 3 is 2.51 bits per heavy atom. The minimum Gasteiger partial charge on any atom is -0.462 e. The highest BCUT2D eigenvalue weighted by molar-refractivity contribution is 6.29. The van der Waals surface area contributed by atoms with Crippen LogP contribution < -0.4 is 14.8 Å². The Kier molecular flexibility index (Phi) is 11.0. The predicted molar refractivity (Wildman–Crippen MR) is 139 cm³/mol. The number of allylic oxidation sites excluding steroid dienone is 4. The first-order valence-corrected chi connectivity index (χ1v) is 12.0. The quantitative estimate of drug-likeness (QED) is 0.194. The van der Waals surface area contributed by atoms with Crippen molar-refractivity contribution in [3.63, 3.8) is 0 Å². The summed E-state index contributed by atoms with van der Waals surface area (Å²) in [6, 6.07) is 13.3. The summed E-state index contributed by atoms with van der Waals surface area (Å²) in [5.74, 6) is 2.43. The van der Waals surface area contributed by atoms with Gasteiger partial charge in [-0.25, -0.2) is 0 Å². The zero-order valence-electron chi connectivity index (χ0n) is 21.0. The molecule has 0 radical (unpaired) electrons. The van der Waals surface area contributed by atoms with Crippen LogP contribution in [0.1, 0.15) is 51.7 Å². The smallest absolute Gasteiger partial charge is 0.258 e. The molecule has 1 N–H and O–H groups in total. The van der Waals surface area contributed by atoms with Gasteiger partial charge in [-0.15, -0.1) is 0 Å². The average molecular weight is 500 g/mol. The molecule has 7 heteroatoms. The Morgan fingerprint density at radius 1 is 1.11 bits per heavy atom. The maximum absolute atomic E-state index is 12.3. The summed E-state index contributed by atoms with van der Waals surface area (Å²) in [7, 11) is 1.44. The van der Waals surface area contributed by atoms with Crippen LogP contribution in [0.3, 0.4) is 0 Å². The minimum absolute atomic E-state index is 0.275. The lowest BCUT2D eigenvalue weighted by molar-refractivity contribution is -0.143. The first-order valence-electron chi connectivity index (χ1n) is 11.6. The van der Waals surface area contributed by atoms with Crippen molar-refractivity contribution in [1.29, 1.82) is 0 Å². The third kappa shape index (κ3) is 8.57. The third-order valence-corrected chi connectivity index (χ3v) is 5.56. The molecule has 0 aliphatic heterocycles. The molecule has 0 bridgehead atoms. The first-order chi connectivity index (χ1) is 16.7. The molecule has 2 amide bonds. The molecule has 0 heterocycles. The summed E-state index contributed by atoms with van der Waals surface area (Å²) in [4.78, 5) is 23.0. The van der Waals surface area contributed by atoms with Crippen LogP contribution in [0, 0.1) is 0 Å². The molecule has 2 aromatic rings. The van der Waals surface area contributed by atoms with Crippen molar-refractivity contribution in [2.24, 2.45) is 0 Å². The lowest BCUT2D eigenvalue weighted by atomic mass is 9.95. The monoisotopic (exact) mass is 499 g/mol. The van der Waals surface area contributed by atoms with Crippen molar-refractivity contribution in [2.45, 2.75) is 59.0 Å². The number of halogens is 1. The lowest BCUT2D eigenvalue weighted by Crippen LogP contribution is -2.47. The minimum atomic E-state index is -1.19. The second-order valence-electron chi connectivity index (χ2n) is 8.31. The molecule has 0 saturated heterocycles. The molecular weight excluding hydrogens is 466 g/mol. The molecule has 0 saturated carbocycles. The van der Waals surface area contributed by atoms with Crippen molar-refractivity contribution in [2.75, 3.05) is 7.11 Å². The average Bonchev–Trinajstić information content (AvgIpc) is 2.83. The van der Waals surface area contributed by atoms with Crippen molar-refractivity contribution in [3.05, 3.63) is 76.5 Å². The van der Waals surface area contributed by atoms with E-state index in [-0.39, 0.29) is 6.42 Å². The number of rotatable bonds is 13. The zero-order valence-corrected chi connectivity index (χ0v) is 21.8. The Balaban J connectivity index is 2.26. The Morgan fingerprint density at radius 2 is 1.89 bits per heavy atom. The van der Waals surface area contributed by atoms with Crippen molar-refractivity contribution in [3.8, 4) is 17.2 Å². The van der Waals surface area contributed by atoms with Crippen LogP contribution in [0.15, 0.2) is 65.4 Å². The van der Waals surface area contributed by atoms with Crippen LogP contribution in [-0.2, 0) is 27.2 Å². The van der Waals surface area contributed by atoms with E-state index in [1.54, 1.807) is 6.92 Å². The van der Waals surface area contributed by atoms with Crippen molar-refractivity contribution >= 4 is 23.9 Å². The summed E-state index contributed by atoms with van der Waals surface area (Å²) in [5, 5.41) is 2.86. The number of imide groups is 1. The Bertz CT molecular complexity index is 1070. The summed E-state index contributed by atoms with van der Waals surface area (Å²) in [5.41, 5.74) is 0.681. The van der Waals surface area contributed by atoms with Crippen LogP contribution in [-0.4, -0.2) is 25.0 Å². The fourth-order valence-corrected chi connectivity index (χ4v) is 3.52. The Hall–Kier alpha value is -3.09. The van der Waals surface area contributed by atoms with E-state index >= 15 is 0 Å². The standard InChI is InChI=1S/C28H34ClNO5/c1-6-9-22-17-25(34-23(7-2)13-12-20(3)29)14-15-26(22)35-24-11-8-10-21(16-24)18-28(4,33-5)27(32)30-19-31/h8,10-17,19H,6-7,9,18H2,1-5H3,(H,30,31,32)/b20-12+,23-13+/t28-/m0/s1. The van der Waals surface area contributed by atoms with Gasteiger partial charge in [0.15, 0.2) is 0 Å². The molecule has 35 heavy (non-hydrogen) atoms. The number of hydrogen-bond donors (Lipinski definition) is 1. The summed E-state index contributed by atoms with van der Waals surface area (Å²) >= 11 is 5.93. The van der Waals surface area contributed by atoms with Crippen LogP contribution >= 0.6 is 11.6 Å². The van der Waals surface area contributed by atoms with Gasteiger partial charge in [0.1, 0.15) is 28.6 Å². The van der Waals surface area contributed by atoms with Gasteiger partial charge in [0, 0.05) is 25.0 Å². The van der Waals surface area contributed by atoms with E-state index in [1.807, 2.05) is 68.5 Å². The van der Waals surface area contributed by atoms with E-state index in [0.29, 0.717) is 17.2 Å². The van der Waals surface area contributed by atoms with E-state index in [0.717, 1.165) is 47.6 Å². The molecule has 0 aliphatic carbocycles. The van der Waals surface area contributed by atoms with Gasteiger partial charge in [0.25, 0.3) is 5.91 Å². The van der Waals surface area contributed by atoms with Crippen molar-refractivity contribution < 1.29 is 23.8 Å². The van der Waals surface area contributed by atoms with Gasteiger partial charge < -0.3 is 14.2 Å². The molecule has 0 spiro atoms. The molecular formula is C28H34ClNO5. The molecule has 0 fully saturated rings. The molecule has 6 nitrogen and oxygen atoms in total. The summed E-state index contributed by atoms with van der Waals surface area (Å²) < 4.78 is 17.7. The van der Waals surface area contributed by atoms with Gasteiger partial charge in [-0.2, -0.15) is 0 Å².